The minimum Gasteiger partial charge on any atom is -0.329 e. The largest absolute Gasteiger partial charge is 0.329 e. The van der Waals surface area contributed by atoms with Crippen LogP contribution >= 0.6 is 22.6 Å². The van der Waals surface area contributed by atoms with Gasteiger partial charge in [-0.05, 0) is 46.7 Å². The molecule has 2 rings (SSSR count). The number of likely N-dealkylation sites (tertiary alicyclic amines) is 1. The predicted molar refractivity (Wildman–Crippen MR) is 67.0 cm³/mol. The highest BCUT2D eigenvalue weighted by Crippen LogP contribution is 2.19. The second kappa shape index (κ2) is 4.59. The van der Waals surface area contributed by atoms with Gasteiger partial charge in [0.05, 0.1) is 0 Å². The Morgan fingerprint density at radius 2 is 2.07 bits per heavy atom. The molecule has 0 saturated carbocycles. The maximum atomic E-state index is 5.66. The lowest BCUT2D eigenvalue weighted by Crippen LogP contribution is -2.50. The SMILES string of the molecule is NCC1CCN1Cc1ccc(I)cc1. The van der Waals surface area contributed by atoms with Crippen LogP contribution in [0.5, 0.6) is 0 Å². The Morgan fingerprint density at radius 3 is 2.57 bits per heavy atom. The van der Waals surface area contributed by atoms with Gasteiger partial charge in [0.1, 0.15) is 0 Å². The molecule has 1 aliphatic rings. The number of nitrogens with two attached hydrogens (primary N) is 1. The van der Waals surface area contributed by atoms with E-state index in [0.717, 1.165) is 13.1 Å². The number of rotatable bonds is 3. The van der Waals surface area contributed by atoms with E-state index in [1.54, 1.807) is 0 Å². The summed E-state index contributed by atoms with van der Waals surface area (Å²) in [4.78, 5) is 2.45. The average molecular weight is 302 g/mol. The lowest BCUT2D eigenvalue weighted by Gasteiger charge is -2.40. The zero-order chi connectivity index (χ0) is 9.97. The highest BCUT2D eigenvalue weighted by molar-refractivity contribution is 14.1. The number of hydrogen-bond acceptors (Lipinski definition) is 2. The van der Waals surface area contributed by atoms with Gasteiger partial charge in [-0.2, -0.15) is 0 Å². The second-order valence-electron chi connectivity index (χ2n) is 3.78. The van der Waals surface area contributed by atoms with E-state index >= 15 is 0 Å². The lowest BCUT2D eigenvalue weighted by atomic mass is 10.0. The summed E-state index contributed by atoms with van der Waals surface area (Å²) >= 11 is 2.33. The summed E-state index contributed by atoms with van der Waals surface area (Å²) in [6, 6.07) is 9.34. The van der Waals surface area contributed by atoms with E-state index in [2.05, 4.69) is 51.8 Å². The van der Waals surface area contributed by atoms with Crippen molar-refractivity contribution in [1.29, 1.82) is 0 Å². The van der Waals surface area contributed by atoms with Crippen molar-refractivity contribution >= 4 is 22.6 Å². The first-order chi connectivity index (χ1) is 6.79. The molecular formula is C11H15IN2. The van der Waals surface area contributed by atoms with E-state index in [4.69, 9.17) is 5.73 Å². The average Bonchev–Trinajstić information content (AvgIpc) is 2.16. The molecular weight excluding hydrogens is 287 g/mol. The Balaban J connectivity index is 1.94. The van der Waals surface area contributed by atoms with Gasteiger partial charge < -0.3 is 5.73 Å². The molecule has 0 radical (unpaired) electrons. The van der Waals surface area contributed by atoms with Crippen LogP contribution in [0.15, 0.2) is 24.3 Å². The van der Waals surface area contributed by atoms with Crippen molar-refractivity contribution in [3.05, 3.63) is 33.4 Å². The molecule has 1 atom stereocenters. The Bertz CT molecular complexity index is 295. The third-order valence-corrected chi connectivity index (χ3v) is 3.56. The van der Waals surface area contributed by atoms with Crippen molar-refractivity contribution in [2.75, 3.05) is 13.1 Å². The molecule has 1 heterocycles. The van der Waals surface area contributed by atoms with Crippen LogP contribution in [0, 0.1) is 3.57 Å². The first-order valence-electron chi connectivity index (χ1n) is 4.98. The van der Waals surface area contributed by atoms with E-state index in [9.17, 15) is 0 Å². The topological polar surface area (TPSA) is 29.3 Å². The van der Waals surface area contributed by atoms with E-state index in [1.165, 1.54) is 22.1 Å². The lowest BCUT2D eigenvalue weighted by molar-refractivity contribution is 0.0882. The highest BCUT2D eigenvalue weighted by atomic mass is 127. The Hall–Kier alpha value is -0.130. The Kier molecular flexibility index (Phi) is 3.41. The van der Waals surface area contributed by atoms with Crippen LogP contribution < -0.4 is 5.73 Å². The Labute approximate surface area is 98.6 Å². The zero-order valence-corrected chi connectivity index (χ0v) is 10.3. The van der Waals surface area contributed by atoms with Crippen LogP contribution in [0.1, 0.15) is 12.0 Å². The molecule has 1 unspecified atom stereocenters. The minimum absolute atomic E-state index is 0.620. The first kappa shape index (κ1) is 10.4. The number of halogens is 1. The minimum atomic E-state index is 0.620. The van der Waals surface area contributed by atoms with E-state index < -0.39 is 0 Å². The summed E-state index contributed by atoms with van der Waals surface area (Å²) in [6.07, 6.45) is 1.26. The van der Waals surface area contributed by atoms with Crippen LogP contribution in [0.2, 0.25) is 0 Å². The van der Waals surface area contributed by atoms with Crippen LogP contribution in [0.3, 0.4) is 0 Å². The fourth-order valence-electron chi connectivity index (χ4n) is 1.79. The van der Waals surface area contributed by atoms with Gasteiger partial charge in [0.15, 0.2) is 0 Å². The van der Waals surface area contributed by atoms with Crippen LogP contribution in [0.25, 0.3) is 0 Å². The maximum Gasteiger partial charge on any atom is 0.0237 e. The summed E-state index contributed by atoms with van der Waals surface area (Å²) in [6.45, 7) is 3.05. The van der Waals surface area contributed by atoms with Crippen molar-refractivity contribution in [2.45, 2.75) is 19.0 Å². The van der Waals surface area contributed by atoms with Crippen molar-refractivity contribution in [2.24, 2.45) is 5.73 Å². The summed E-state index contributed by atoms with van der Waals surface area (Å²) < 4.78 is 1.30. The van der Waals surface area contributed by atoms with Crippen molar-refractivity contribution < 1.29 is 0 Å². The van der Waals surface area contributed by atoms with Crippen LogP contribution in [-0.4, -0.2) is 24.0 Å². The molecule has 0 spiro atoms. The van der Waals surface area contributed by atoms with Gasteiger partial charge in [0, 0.05) is 29.2 Å². The number of nitrogens with zero attached hydrogens (tertiary/aromatic N) is 1. The molecule has 1 aromatic rings. The molecule has 0 aromatic heterocycles. The predicted octanol–water partition coefficient (Wildman–Crippen LogP) is 1.82. The van der Waals surface area contributed by atoms with Crippen molar-refractivity contribution in [3.8, 4) is 0 Å². The van der Waals surface area contributed by atoms with Crippen LogP contribution in [-0.2, 0) is 6.54 Å². The summed E-state index contributed by atoms with van der Waals surface area (Å²) in [5.74, 6) is 0. The summed E-state index contributed by atoms with van der Waals surface area (Å²) in [7, 11) is 0. The van der Waals surface area contributed by atoms with Gasteiger partial charge >= 0.3 is 0 Å². The van der Waals surface area contributed by atoms with E-state index in [1.807, 2.05) is 0 Å². The Morgan fingerprint density at radius 1 is 1.36 bits per heavy atom. The summed E-state index contributed by atoms with van der Waals surface area (Å²) in [5.41, 5.74) is 7.05. The number of benzene rings is 1. The zero-order valence-electron chi connectivity index (χ0n) is 8.12. The summed E-state index contributed by atoms with van der Waals surface area (Å²) in [5, 5.41) is 0. The smallest absolute Gasteiger partial charge is 0.0237 e. The molecule has 0 bridgehead atoms. The molecule has 1 fully saturated rings. The van der Waals surface area contributed by atoms with Gasteiger partial charge in [-0.15, -0.1) is 0 Å². The normalized spacial score (nSPS) is 22.0. The highest BCUT2D eigenvalue weighted by Gasteiger charge is 2.25. The van der Waals surface area contributed by atoms with Crippen molar-refractivity contribution in [3.63, 3.8) is 0 Å². The molecule has 2 N–H and O–H groups in total. The fourth-order valence-corrected chi connectivity index (χ4v) is 2.15. The molecule has 2 nitrogen and oxygen atoms in total. The molecule has 76 valence electrons. The van der Waals surface area contributed by atoms with Crippen LogP contribution in [0.4, 0.5) is 0 Å². The monoisotopic (exact) mass is 302 g/mol. The molecule has 1 aliphatic heterocycles. The molecule has 3 heteroatoms. The standard InChI is InChI=1S/C11H15IN2/c12-10-3-1-9(2-4-10)8-14-6-5-11(14)7-13/h1-4,11H,5-8,13H2. The van der Waals surface area contributed by atoms with Gasteiger partial charge in [0.25, 0.3) is 0 Å². The van der Waals surface area contributed by atoms with E-state index in [-0.39, 0.29) is 0 Å². The number of hydrogen-bond donors (Lipinski definition) is 1. The van der Waals surface area contributed by atoms with Gasteiger partial charge in [0.2, 0.25) is 0 Å². The molecule has 1 aromatic carbocycles. The maximum absolute atomic E-state index is 5.66. The van der Waals surface area contributed by atoms with E-state index in [0.29, 0.717) is 6.04 Å². The fraction of sp³-hybridized carbons (Fsp3) is 0.455. The third-order valence-electron chi connectivity index (χ3n) is 2.84. The van der Waals surface area contributed by atoms with Gasteiger partial charge in [-0.1, -0.05) is 12.1 Å². The first-order valence-corrected chi connectivity index (χ1v) is 6.06. The van der Waals surface area contributed by atoms with Crippen molar-refractivity contribution in [1.82, 2.24) is 4.90 Å². The molecule has 0 amide bonds. The second-order valence-corrected chi connectivity index (χ2v) is 5.02. The molecule has 0 aliphatic carbocycles. The van der Waals surface area contributed by atoms with Gasteiger partial charge in [-0.3, -0.25) is 4.90 Å². The molecule has 1 saturated heterocycles. The van der Waals surface area contributed by atoms with Gasteiger partial charge in [-0.25, -0.2) is 0 Å². The quantitative estimate of drug-likeness (QED) is 0.863. The molecule has 14 heavy (non-hydrogen) atoms. The third kappa shape index (κ3) is 2.27.